The van der Waals surface area contributed by atoms with Crippen molar-refractivity contribution < 1.29 is 9.53 Å². The van der Waals surface area contributed by atoms with E-state index in [1.807, 2.05) is 30.3 Å². The summed E-state index contributed by atoms with van der Waals surface area (Å²) in [6, 6.07) is 18.0. The lowest BCUT2D eigenvalue weighted by atomic mass is 9.86. The highest BCUT2D eigenvalue weighted by Crippen LogP contribution is 2.34. The fourth-order valence-electron chi connectivity index (χ4n) is 4.62. The third kappa shape index (κ3) is 3.95. The number of nitrogens with zero attached hydrogens (tertiary/aromatic N) is 1. The number of nitrogens with one attached hydrogen (secondary N) is 1. The SMILES string of the molecule is O=C(OC1CN2CCC1CC2)C(NCc1ccccc1)c1csc2ccccc12. The van der Waals surface area contributed by atoms with Gasteiger partial charge in [0.2, 0.25) is 0 Å². The van der Waals surface area contributed by atoms with Crippen molar-refractivity contribution in [3.63, 3.8) is 0 Å². The third-order valence-electron chi connectivity index (χ3n) is 6.27. The van der Waals surface area contributed by atoms with Crippen molar-refractivity contribution in [1.29, 1.82) is 0 Å². The molecule has 2 atom stereocenters. The second-order valence-electron chi connectivity index (χ2n) is 8.10. The Labute approximate surface area is 175 Å². The van der Waals surface area contributed by atoms with Crippen LogP contribution >= 0.6 is 11.3 Å². The van der Waals surface area contributed by atoms with Crippen molar-refractivity contribution in [1.82, 2.24) is 10.2 Å². The standard InChI is InChI=1S/C24H26N2O2S/c27-24(28-21-15-26-12-10-18(21)11-13-26)23(25-14-17-6-2-1-3-7-17)20-16-29-22-9-5-4-8-19(20)22/h1-9,16,18,21,23,25H,10-15H2. The van der Waals surface area contributed by atoms with Crippen LogP contribution in [0.5, 0.6) is 0 Å². The van der Waals surface area contributed by atoms with Crippen LogP contribution in [0.1, 0.15) is 30.0 Å². The minimum absolute atomic E-state index is 0.0240. The van der Waals surface area contributed by atoms with Crippen molar-refractivity contribution in [2.24, 2.45) is 5.92 Å². The number of fused-ring (bicyclic) bond motifs is 4. The fourth-order valence-corrected chi connectivity index (χ4v) is 5.61. The first-order valence-corrected chi connectivity index (χ1v) is 11.3. The molecule has 0 amide bonds. The molecule has 4 heterocycles. The zero-order valence-electron chi connectivity index (χ0n) is 16.4. The minimum atomic E-state index is -0.457. The Bertz CT molecular complexity index is 979. The number of carbonyl (C=O) groups is 1. The van der Waals surface area contributed by atoms with Crippen LogP contribution < -0.4 is 5.32 Å². The molecule has 0 saturated carbocycles. The number of benzene rings is 2. The van der Waals surface area contributed by atoms with Gasteiger partial charge in [-0.3, -0.25) is 10.2 Å². The fraction of sp³-hybridized carbons (Fsp3) is 0.375. The van der Waals surface area contributed by atoms with E-state index in [0.717, 1.165) is 49.0 Å². The summed E-state index contributed by atoms with van der Waals surface area (Å²) in [5, 5.41) is 6.72. The zero-order chi connectivity index (χ0) is 19.6. The van der Waals surface area contributed by atoms with Gasteiger partial charge in [0.15, 0.2) is 0 Å². The van der Waals surface area contributed by atoms with Crippen LogP contribution in [-0.2, 0) is 16.1 Å². The maximum Gasteiger partial charge on any atom is 0.328 e. The molecule has 5 heteroatoms. The van der Waals surface area contributed by atoms with Gasteiger partial charge in [0.1, 0.15) is 12.1 Å². The van der Waals surface area contributed by atoms with E-state index in [4.69, 9.17) is 4.74 Å². The predicted molar refractivity (Wildman–Crippen MR) is 117 cm³/mol. The number of hydrogen-bond donors (Lipinski definition) is 1. The van der Waals surface area contributed by atoms with Gasteiger partial charge in [-0.1, -0.05) is 48.5 Å². The second-order valence-corrected chi connectivity index (χ2v) is 9.01. The van der Waals surface area contributed by atoms with Crippen LogP contribution in [0.15, 0.2) is 60.0 Å². The molecule has 0 aliphatic carbocycles. The first-order chi connectivity index (χ1) is 14.3. The molecule has 1 aromatic heterocycles. The molecule has 29 heavy (non-hydrogen) atoms. The van der Waals surface area contributed by atoms with Gasteiger partial charge >= 0.3 is 5.97 Å². The summed E-state index contributed by atoms with van der Waals surface area (Å²) in [7, 11) is 0. The molecule has 3 saturated heterocycles. The summed E-state index contributed by atoms with van der Waals surface area (Å²) in [5.74, 6) is 0.362. The van der Waals surface area contributed by atoms with Gasteiger partial charge in [-0.25, -0.2) is 4.79 Å². The van der Waals surface area contributed by atoms with Gasteiger partial charge in [-0.15, -0.1) is 11.3 Å². The average Bonchev–Trinajstić information content (AvgIpc) is 3.19. The highest BCUT2D eigenvalue weighted by Gasteiger charge is 2.38. The lowest BCUT2D eigenvalue weighted by molar-refractivity contribution is -0.161. The molecule has 6 rings (SSSR count). The number of esters is 1. The molecule has 1 N–H and O–H groups in total. The van der Waals surface area contributed by atoms with Crippen molar-refractivity contribution in [3.05, 3.63) is 71.1 Å². The van der Waals surface area contributed by atoms with E-state index in [1.54, 1.807) is 11.3 Å². The van der Waals surface area contributed by atoms with Crippen LogP contribution in [0, 0.1) is 5.92 Å². The van der Waals surface area contributed by atoms with Crippen LogP contribution in [0.2, 0.25) is 0 Å². The molecule has 3 aliphatic heterocycles. The summed E-state index contributed by atoms with van der Waals surface area (Å²) in [4.78, 5) is 15.8. The van der Waals surface area contributed by atoms with Crippen molar-refractivity contribution in [2.75, 3.05) is 19.6 Å². The molecule has 150 valence electrons. The number of thiophene rings is 1. The van der Waals surface area contributed by atoms with Crippen LogP contribution in [-0.4, -0.2) is 36.6 Å². The predicted octanol–water partition coefficient (Wildman–Crippen LogP) is 4.37. The molecular weight excluding hydrogens is 380 g/mol. The Hall–Kier alpha value is -2.21. The van der Waals surface area contributed by atoms with Crippen LogP contribution in [0.3, 0.4) is 0 Å². The maximum absolute atomic E-state index is 13.4. The molecule has 2 bridgehead atoms. The quantitative estimate of drug-likeness (QED) is 0.617. The second kappa shape index (κ2) is 8.27. The van der Waals surface area contributed by atoms with Gasteiger partial charge in [0.25, 0.3) is 0 Å². The lowest BCUT2D eigenvalue weighted by Gasteiger charge is -2.44. The van der Waals surface area contributed by atoms with Gasteiger partial charge in [0, 0.05) is 17.8 Å². The van der Waals surface area contributed by atoms with Gasteiger partial charge in [0.05, 0.1) is 0 Å². The number of hydrogen-bond acceptors (Lipinski definition) is 5. The van der Waals surface area contributed by atoms with Gasteiger partial charge < -0.3 is 4.74 Å². The molecule has 3 aliphatic rings. The van der Waals surface area contributed by atoms with Crippen LogP contribution in [0.4, 0.5) is 0 Å². The third-order valence-corrected chi connectivity index (χ3v) is 7.26. The molecule has 2 aromatic carbocycles. The highest BCUT2D eigenvalue weighted by atomic mass is 32.1. The smallest absolute Gasteiger partial charge is 0.328 e. The number of carbonyl (C=O) groups excluding carboxylic acids is 1. The first kappa shape index (κ1) is 18.8. The Kier molecular flexibility index (Phi) is 5.36. The maximum atomic E-state index is 13.4. The van der Waals surface area contributed by atoms with E-state index in [0.29, 0.717) is 12.5 Å². The molecule has 2 unspecified atom stereocenters. The summed E-state index contributed by atoms with van der Waals surface area (Å²) < 4.78 is 7.31. The van der Waals surface area contributed by atoms with E-state index >= 15 is 0 Å². The summed E-state index contributed by atoms with van der Waals surface area (Å²) in [5.41, 5.74) is 2.18. The minimum Gasteiger partial charge on any atom is -0.459 e. The van der Waals surface area contributed by atoms with E-state index in [2.05, 4.69) is 39.9 Å². The Morgan fingerprint density at radius 2 is 1.86 bits per heavy atom. The van der Waals surface area contributed by atoms with E-state index in [9.17, 15) is 4.79 Å². The molecule has 3 aromatic rings. The van der Waals surface area contributed by atoms with Gasteiger partial charge in [-0.05, 0) is 59.8 Å². The normalized spacial score (nSPS) is 24.5. The summed E-state index contributed by atoms with van der Waals surface area (Å²) in [6.45, 7) is 3.80. The topological polar surface area (TPSA) is 41.6 Å². The van der Waals surface area contributed by atoms with Crippen molar-refractivity contribution in [3.8, 4) is 0 Å². The Morgan fingerprint density at radius 3 is 2.62 bits per heavy atom. The van der Waals surface area contributed by atoms with Crippen molar-refractivity contribution in [2.45, 2.75) is 31.5 Å². The van der Waals surface area contributed by atoms with Crippen LogP contribution in [0.25, 0.3) is 10.1 Å². The van der Waals surface area contributed by atoms with E-state index in [1.165, 1.54) is 4.70 Å². The highest BCUT2D eigenvalue weighted by molar-refractivity contribution is 7.17. The first-order valence-electron chi connectivity index (χ1n) is 10.4. The van der Waals surface area contributed by atoms with Crippen molar-refractivity contribution >= 4 is 27.4 Å². The van der Waals surface area contributed by atoms with E-state index in [-0.39, 0.29) is 12.1 Å². The number of rotatable bonds is 6. The largest absolute Gasteiger partial charge is 0.459 e. The number of piperidine rings is 3. The molecule has 3 fully saturated rings. The molecule has 0 radical (unpaired) electrons. The monoisotopic (exact) mass is 406 g/mol. The summed E-state index contributed by atoms with van der Waals surface area (Å²) >= 11 is 1.68. The molecule has 4 nitrogen and oxygen atoms in total. The molecule has 0 spiro atoms. The molecular formula is C24H26N2O2S. The Balaban J connectivity index is 1.39. The van der Waals surface area contributed by atoms with E-state index < -0.39 is 6.04 Å². The summed E-state index contributed by atoms with van der Waals surface area (Å²) in [6.07, 6.45) is 2.30. The lowest BCUT2D eigenvalue weighted by Crippen LogP contribution is -2.52. The number of ether oxygens (including phenoxy) is 1. The van der Waals surface area contributed by atoms with Gasteiger partial charge in [-0.2, -0.15) is 0 Å². The zero-order valence-corrected chi connectivity index (χ0v) is 17.2. The average molecular weight is 407 g/mol. The Morgan fingerprint density at radius 1 is 1.10 bits per heavy atom.